The van der Waals surface area contributed by atoms with Gasteiger partial charge in [0.25, 0.3) is 0 Å². The van der Waals surface area contributed by atoms with Gasteiger partial charge in [0.15, 0.2) is 0 Å². The Labute approximate surface area is 137 Å². The van der Waals surface area contributed by atoms with Crippen LogP contribution in [0.25, 0.3) is 11.1 Å². The van der Waals surface area contributed by atoms with Gasteiger partial charge in [-0.05, 0) is 44.4 Å². The third-order valence-corrected chi connectivity index (χ3v) is 3.93. The van der Waals surface area contributed by atoms with Gasteiger partial charge in [-0.2, -0.15) is 0 Å². The summed E-state index contributed by atoms with van der Waals surface area (Å²) in [7, 11) is 0. The molecule has 1 N–H and O–H groups in total. The van der Waals surface area contributed by atoms with E-state index < -0.39 is 0 Å². The molecule has 0 saturated carbocycles. The highest BCUT2D eigenvalue weighted by atomic mass is 16.5. The molecule has 0 aliphatic heterocycles. The maximum absolute atomic E-state index is 11.2. The summed E-state index contributed by atoms with van der Waals surface area (Å²) in [4.78, 5) is 15.7. The summed E-state index contributed by atoms with van der Waals surface area (Å²) < 4.78 is 5.62. The van der Waals surface area contributed by atoms with Crippen LogP contribution < -0.4 is 4.74 Å². The quantitative estimate of drug-likeness (QED) is 0.827. The predicted octanol–water partition coefficient (Wildman–Crippen LogP) is 3.64. The summed E-state index contributed by atoms with van der Waals surface area (Å²) in [5.41, 5.74) is 5.62. The number of rotatable bonds is 6. The third kappa shape index (κ3) is 3.96. The average Bonchev–Trinajstić information content (AvgIpc) is 2.48. The molecule has 0 radical (unpaired) electrons. The number of nitrogens with zero attached hydrogens (tertiary/aromatic N) is 1. The number of hydrogen-bond acceptors (Lipinski definition) is 4. The minimum absolute atomic E-state index is 0.384. The van der Waals surface area contributed by atoms with Crippen LogP contribution in [0.4, 0.5) is 0 Å². The summed E-state index contributed by atoms with van der Waals surface area (Å²) in [6.45, 7) is 8.07. The maximum atomic E-state index is 11.2. The maximum Gasteiger partial charge on any atom is 0.213 e. The van der Waals surface area contributed by atoms with E-state index in [0.717, 1.165) is 34.2 Å². The van der Waals surface area contributed by atoms with Crippen LogP contribution in [0.15, 0.2) is 24.3 Å². The zero-order valence-corrected chi connectivity index (χ0v) is 14.1. The number of aldehydes is 1. The lowest BCUT2D eigenvalue weighted by atomic mass is 9.93. The third-order valence-electron chi connectivity index (χ3n) is 3.93. The van der Waals surface area contributed by atoms with Gasteiger partial charge in [-0.3, -0.25) is 4.79 Å². The van der Waals surface area contributed by atoms with Gasteiger partial charge in [0.1, 0.15) is 6.29 Å². The number of hydrogen-bond donors (Lipinski definition) is 1. The molecule has 122 valence electrons. The summed E-state index contributed by atoms with van der Waals surface area (Å²) in [5.74, 6) is 0.564. The van der Waals surface area contributed by atoms with Gasteiger partial charge in [-0.1, -0.05) is 18.2 Å². The van der Waals surface area contributed by atoms with E-state index in [-0.39, 0.29) is 6.10 Å². The lowest BCUT2D eigenvalue weighted by molar-refractivity contribution is 0.112. The Morgan fingerprint density at radius 1 is 1.30 bits per heavy atom. The predicted molar refractivity (Wildman–Crippen MR) is 91.1 cm³/mol. The van der Waals surface area contributed by atoms with Gasteiger partial charge in [0.05, 0.1) is 12.7 Å². The van der Waals surface area contributed by atoms with Crippen molar-refractivity contribution in [2.75, 3.05) is 6.61 Å². The lowest BCUT2D eigenvalue weighted by Gasteiger charge is -2.15. The van der Waals surface area contributed by atoms with Crippen molar-refractivity contribution in [1.82, 2.24) is 4.98 Å². The second-order valence-electron chi connectivity index (χ2n) is 5.86. The van der Waals surface area contributed by atoms with E-state index in [2.05, 4.69) is 4.98 Å². The summed E-state index contributed by atoms with van der Waals surface area (Å²) >= 11 is 0. The first-order valence-corrected chi connectivity index (χ1v) is 7.78. The molecule has 0 fully saturated rings. The molecule has 1 aromatic heterocycles. The van der Waals surface area contributed by atoms with Crippen molar-refractivity contribution in [3.8, 4) is 17.0 Å². The van der Waals surface area contributed by atoms with E-state index in [4.69, 9.17) is 4.74 Å². The van der Waals surface area contributed by atoms with Crippen LogP contribution in [-0.4, -0.2) is 29.1 Å². The van der Waals surface area contributed by atoms with Gasteiger partial charge < -0.3 is 9.84 Å². The Bertz CT molecular complexity index is 685. The van der Waals surface area contributed by atoms with Crippen LogP contribution in [-0.2, 0) is 0 Å². The number of carbonyl (C=O) groups is 1. The molecule has 2 rings (SSSR count). The number of pyridine rings is 1. The van der Waals surface area contributed by atoms with Crippen molar-refractivity contribution in [1.29, 1.82) is 0 Å². The molecule has 0 saturated heterocycles. The van der Waals surface area contributed by atoms with E-state index in [1.807, 2.05) is 45.0 Å². The lowest BCUT2D eigenvalue weighted by Crippen LogP contribution is -2.09. The van der Waals surface area contributed by atoms with E-state index in [1.54, 1.807) is 6.92 Å². The summed E-state index contributed by atoms with van der Waals surface area (Å²) in [6, 6.07) is 7.61. The molecule has 0 aliphatic rings. The fourth-order valence-electron chi connectivity index (χ4n) is 2.66. The number of aryl methyl sites for hydroxylation is 2. The first-order chi connectivity index (χ1) is 10.9. The Morgan fingerprint density at radius 2 is 2.04 bits per heavy atom. The van der Waals surface area contributed by atoms with E-state index in [1.165, 1.54) is 0 Å². The first-order valence-electron chi connectivity index (χ1n) is 7.78. The van der Waals surface area contributed by atoms with Gasteiger partial charge in [0.2, 0.25) is 5.88 Å². The zero-order valence-electron chi connectivity index (χ0n) is 14.1. The second kappa shape index (κ2) is 7.38. The Balaban J connectivity index is 2.36. The van der Waals surface area contributed by atoms with Gasteiger partial charge in [-0.25, -0.2) is 4.98 Å². The molecule has 1 aromatic carbocycles. The van der Waals surface area contributed by atoms with Gasteiger partial charge >= 0.3 is 0 Å². The van der Waals surface area contributed by atoms with Crippen molar-refractivity contribution in [2.24, 2.45) is 0 Å². The minimum atomic E-state index is -0.384. The van der Waals surface area contributed by atoms with Crippen LogP contribution in [0.5, 0.6) is 5.88 Å². The molecule has 0 unspecified atom stereocenters. The molecule has 0 spiro atoms. The van der Waals surface area contributed by atoms with Gasteiger partial charge in [0, 0.05) is 29.3 Å². The number of ether oxygens (including phenoxy) is 1. The fourth-order valence-corrected chi connectivity index (χ4v) is 2.66. The topological polar surface area (TPSA) is 59.4 Å². The smallest absolute Gasteiger partial charge is 0.213 e. The SMILES string of the molecule is Cc1cc(OCC[C@H](C)O)nc(C)c1-c1cccc(C=O)c1C. The van der Waals surface area contributed by atoms with Crippen molar-refractivity contribution < 1.29 is 14.6 Å². The molecule has 0 bridgehead atoms. The molecule has 0 aliphatic carbocycles. The van der Waals surface area contributed by atoms with Gasteiger partial charge in [-0.15, -0.1) is 0 Å². The Morgan fingerprint density at radius 3 is 2.65 bits per heavy atom. The fraction of sp³-hybridized carbons (Fsp3) is 0.368. The molecule has 4 nitrogen and oxygen atoms in total. The van der Waals surface area contributed by atoms with Crippen molar-refractivity contribution in [3.63, 3.8) is 0 Å². The number of aromatic nitrogens is 1. The molecular formula is C19H23NO3. The molecule has 1 atom stereocenters. The largest absolute Gasteiger partial charge is 0.478 e. The molecule has 1 heterocycles. The van der Waals surface area contributed by atoms with E-state index >= 15 is 0 Å². The number of carbonyl (C=O) groups excluding carboxylic acids is 1. The Hall–Kier alpha value is -2.20. The monoisotopic (exact) mass is 313 g/mol. The molecule has 23 heavy (non-hydrogen) atoms. The van der Waals surface area contributed by atoms with Crippen LogP contribution in [0.2, 0.25) is 0 Å². The average molecular weight is 313 g/mol. The zero-order chi connectivity index (χ0) is 17.0. The van der Waals surface area contributed by atoms with Crippen molar-refractivity contribution in [2.45, 2.75) is 40.2 Å². The van der Waals surface area contributed by atoms with Crippen LogP contribution in [0.1, 0.15) is 40.5 Å². The highest BCUT2D eigenvalue weighted by Gasteiger charge is 2.13. The van der Waals surface area contributed by atoms with Crippen LogP contribution >= 0.6 is 0 Å². The molecular weight excluding hydrogens is 290 g/mol. The van der Waals surface area contributed by atoms with E-state index in [9.17, 15) is 9.90 Å². The number of benzene rings is 1. The highest BCUT2D eigenvalue weighted by molar-refractivity contribution is 5.84. The number of aliphatic hydroxyl groups is 1. The van der Waals surface area contributed by atoms with Crippen molar-refractivity contribution >= 4 is 6.29 Å². The molecule has 4 heteroatoms. The number of aliphatic hydroxyl groups excluding tert-OH is 1. The summed E-state index contributed by atoms with van der Waals surface area (Å²) in [6.07, 6.45) is 1.07. The van der Waals surface area contributed by atoms with Crippen molar-refractivity contribution in [3.05, 3.63) is 46.6 Å². The molecule has 0 amide bonds. The standard InChI is InChI=1S/C19H23NO3/c1-12-10-18(23-9-8-13(2)22)20-15(4)19(12)17-7-5-6-16(11-21)14(17)3/h5-7,10-11,13,22H,8-9H2,1-4H3/t13-/m0/s1. The summed E-state index contributed by atoms with van der Waals surface area (Å²) in [5, 5.41) is 9.28. The van der Waals surface area contributed by atoms with Crippen LogP contribution in [0.3, 0.4) is 0 Å². The molecule has 2 aromatic rings. The minimum Gasteiger partial charge on any atom is -0.478 e. The van der Waals surface area contributed by atoms with Crippen LogP contribution in [0, 0.1) is 20.8 Å². The Kier molecular flexibility index (Phi) is 5.50. The normalized spacial score (nSPS) is 12.0. The first kappa shape index (κ1) is 17.2. The second-order valence-corrected chi connectivity index (χ2v) is 5.86. The highest BCUT2D eigenvalue weighted by Crippen LogP contribution is 2.32. The van der Waals surface area contributed by atoms with E-state index in [0.29, 0.717) is 24.5 Å².